The van der Waals surface area contributed by atoms with Gasteiger partial charge in [0.15, 0.2) is 0 Å². The molecule has 344 valence electrons. The van der Waals surface area contributed by atoms with Crippen molar-refractivity contribution in [2.75, 3.05) is 4.90 Å². The molecule has 12 aromatic carbocycles. The molecule has 0 unspecified atom stereocenters. The van der Waals surface area contributed by atoms with Gasteiger partial charge in [0.05, 0.1) is 0 Å². The van der Waals surface area contributed by atoms with E-state index in [-0.39, 0.29) is 0 Å². The number of fused-ring (bicyclic) bond motifs is 6. The average Bonchev–Trinajstić information content (AvgIpc) is 3.47. The van der Waals surface area contributed by atoms with E-state index in [1.54, 1.807) is 0 Å². The molecular formula is C72H51N. The summed E-state index contributed by atoms with van der Waals surface area (Å²) in [6.07, 6.45) is 15.6. The van der Waals surface area contributed by atoms with Crippen LogP contribution in [0.4, 0.5) is 11.4 Å². The summed E-state index contributed by atoms with van der Waals surface area (Å²) in [6, 6.07) is 85.7. The average molecular weight is 930 g/mol. The topological polar surface area (TPSA) is 3.24 Å². The van der Waals surface area contributed by atoms with Crippen LogP contribution in [0.15, 0.2) is 267 Å². The van der Waals surface area contributed by atoms with Gasteiger partial charge in [-0.3, -0.25) is 0 Å². The van der Waals surface area contributed by atoms with Crippen molar-refractivity contribution in [1.29, 1.82) is 0 Å². The molecule has 14 rings (SSSR count). The number of para-hydroxylation sites is 1. The van der Waals surface area contributed by atoms with E-state index in [1.165, 1.54) is 126 Å². The summed E-state index contributed by atoms with van der Waals surface area (Å²) in [7, 11) is 0. The van der Waals surface area contributed by atoms with Crippen molar-refractivity contribution in [3.63, 3.8) is 0 Å². The Kier molecular flexibility index (Phi) is 10.5. The number of allylic oxidation sites excluding steroid dienone is 8. The Morgan fingerprint density at radius 2 is 0.726 bits per heavy atom. The molecule has 0 amide bonds. The third-order valence-corrected chi connectivity index (χ3v) is 15.6. The summed E-state index contributed by atoms with van der Waals surface area (Å²) in [5.41, 5.74) is 16.5. The highest BCUT2D eigenvalue weighted by atomic mass is 15.1. The highest BCUT2D eigenvalue weighted by Gasteiger charge is 2.24. The molecule has 1 heteroatoms. The first-order valence-electron chi connectivity index (χ1n) is 25.8. The van der Waals surface area contributed by atoms with E-state index in [4.69, 9.17) is 0 Å². The van der Waals surface area contributed by atoms with Crippen molar-refractivity contribution in [2.24, 2.45) is 0 Å². The molecule has 0 aliphatic heterocycles. The van der Waals surface area contributed by atoms with Crippen molar-refractivity contribution < 1.29 is 0 Å². The standard InChI is InChI=1S/C72H51N/c1-3-19-51(20-4-1)69-61-25-11-13-27-63(61)70(64-28-14-12-26-62(64)69)52-37-42-60(43-38-52)73(58-23-5-2-6-24-58)59-40-35-50(36-41-59)55-39-44-67-68(47-55)72(57-34-32-49-18-8-10-22-54(49)46-57)66-30-16-15-29-65(66)71(67)56-33-31-48-17-7-9-21-53(48)45-56/h1-3,5-19,21-37,39-42,44-47H,4,20,38,43H2. The molecular weight excluding hydrogens is 879 g/mol. The van der Waals surface area contributed by atoms with E-state index >= 15 is 0 Å². The Hall–Kier alpha value is -9.04. The monoisotopic (exact) mass is 929 g/mol. The zero-order chi connectivity index (χ0) is 48.2. The lowest BCUT2D eigenvalue weighted by atomic mass is 9.82. The molecule has 0 fully saturated rings. The molecule has 0 aromatic heterocycles. The minimum absolute atomic E-state index is 0.915. The summed E-state index contributed by atoms with van der Waals surface area (Å²) >= 11 is 0. The molecule has 0 saturated heterocycles. The Bertz CT molecular complexity index is 4240. The number of anilines is 2. The summed E-state index contributed by atoms with van der Waals surface area (Å²) < 4.78 is 0. The minimum Gasteiger partial charge on any atom is -0.314 e. The lowest BCUT2D eigenvalue weighted by molar-refractivity contribution is 0.931. The number of nitrogens with zero attached hydrogens (tertiary/aromatic N) is 1. The second kappa shape index (κ2) is 18.0. The predicted molar refractivity (Wildman–Crippen MR) is 314 cm³/mol. The quantitative estimate of drug-likeness (QED) is 0.137. The van der Waals surface area contributed by atoms with E-state index < -0.39 is 0 Å². The van der Waals surface area contributed by atoms with Crippen LogP contribution < -0.4 is 4.90 Å². The van der Waals surface area contributed by atoms with Gasteiger partial charge in [-0.1, -0.05) is 212 Å². The number of hydrogen-bond donors (Lipinski definition) is 0. The summed E-state index contributed by atoms with van der Waals surface area (Å²) in [5.74, 6) is 0. The van der Waals surface area contributed by atoms with Crippen molar-refractivity contribution >= 4 is 87.2 Å². The molecule has 0 N–H and O–H groups in total. The molecule has 0 atom stereocenters. The summed E-state index contributed by atoms with van der Waals surface area (Å²) in [5, 5.41) is 15.4. The Morgan fingerprint density at radius 3 is 1.26 bits per heavy atom. The summed E-state index contributed by atoms with van der Waals surface area (Å²) in [6.45, 7) is 0. The van der Waals surface area contributed by atoms with E-state index in [0.717, 1.165) is 37.1 Å². The fourth-order valence-corrected chi connectivity index (χ4v) is 12.2. The second-order valence-corrected chi connectivity index (χ2v) is 19.7. The van der Waals surface area contributed by atoms with Crippen LogP contribution in [0.5, 0.6) is 0 Å². The van der Waals surface area contributed by atoms with E-state index in [1.807, 2.05) is 0 Å². The van der Waals surface area contributed by atoms with Crippen molar-refractivity contribution in [1.82, 2.24) is 0 Å². The molecule has 2 aliphatic carbocycles. The van der Waals surface area contributed by atoms with E-state index in [2.05, 4.69) is 266 Å². The van der Waals surface area contributed by atoms with Crippen molar-refractivity contribution in [3.8, 4) is 33.4 Å². The molecule has 0 spiro atoms. The van der Waals surface area contributed by atoms with Gasteiger partial charge in [0.1, 0.15) is 0 Å². The Balaban J connectivity index is 0.886. The van der Waals surface area contributed by atoms with Crippen LogP contribution in [0.25, 0.3) is 109 Å². The molecule has 0 bridgehead atoms. The number of benzene rings is 12. The van der Waals surface area contributed by atoms with Gasteiger partial charge in [0, 0.05) is 17.1 Å². The van der Waals surface area contributed by atoms with Gasteiger partial charge in [0.2, 0.25) is 0 Å². The van der Waals surface area contributed by atoms with Crippen LogP contribution in [0.1, 0.15) is 36.8 Å². The van der Waals surface area contributed by atoms with Crippen LogP contribution in [-0.4, -0.2) is 0 Å². The first kappa shape index (κ1) is 42.8. The number of rotatable bonds is 8. The maximum absolute atomic E-state index is 2.46. The van der Waals surface area contributed by atoms with Gasteiger partial charge < -0.3 is 4.90 Å². The smallest absolute Gasteiger partial charge is 0.0458 e. The maximum Gasteiger partial charge on any atom is 0.0458 e. The molecule has 2 aliphatic rings. The van der Waals surface area contributed by atoms with Crippen LogP contribution in [0, 0.1) is 0 Å². The van der Waals surface area contributed by atoms with Gasteiger partial charge in [-0.25, -0.2) is 0 Å². The van der Waals surface area contributed by atoms with Gasteiger partial charge >= 0.3 is 0 Å². The first-order chi connectivity index (χ1) is 36.2. The molecule has 12 aromatic rings. The second-order valence-electron chi connectivity index (χ2n) is 19.7. The fraction of sp³-hybridized carbons (Fsp3) is 0.0556. The van der Waals surface area contributed by atoms with Crippen molar-refractivity contribution in [2.45, 2.75) is 25.7 Å². The SMILES string of the molecule is C1=CCCC(c2c3ccccc3c(C3=CC=C(N(c4ccccc4)c4ccc(-c5ccc6c(-c7ccc8ccccc8c7)c7ccccc7c(-c7ccc8ccccc8c7)c6c5)cc4)CC3)c3ccccc23)=C1. The fourth-order valence-electron chi connectivity index (χ4n) is 12.2. The van der Waals surface area contributed by atoms with Crippen LogP contribution in [0.2, 0.25) is 0 Å². The number of hydrogen-bond acceptors (Lipinski definition) is 1. The zero-order valence-electron chi connectivity index (χ0n) is 40.6. The van der Waals surface area contributed by atoms with E-state index in [9.17, 15) is 0 Å². The third kappa shape index (κ3) is 7.47. The predicted octanol–water partition coefficient (Wildman–Crippen LogP) is 20.2. The lowest BCUT2D eigenvalue weighted by Gasteiger charge is -2.30. The highest BCUT2D eigenvalue weighted by molar-refractivity contribution is 6.23. The Labute approximate surface area is 426 Å². The Morgan fingerprint density at radius 1 is 0.274 bits per heavy atom. The van der Waals surface area contributed by atoms with Gasteiger partial charge in [-0.05, 0) is 195 Å². The molecule has 1 nitrogen and oxygen atoms in total. The molecule has 0 heterocycles. The van der Waals surface area contributed by atoms with Crippen molar-refractivity contribution in [3.05, 3.63) is 278 Å². The van der Waals surface area contributed by atoms with E-state index in [0.29, 0.717) is 0 Å². The largest absolute Gasteiger partial charge is 0.314 e. The first-order valence-corrected chi connectivity index (χ1v) is 25.8. The van der Waals surface area contributed by atoms with Crippen LogP contribution >= 0.6 is 0 Å². The van der Waals surface area contributed by atoms with Gasteiger partial charge in [0.25, 0.3) is 0 Å². The van der Waals surface area contributed by atoms with Gasteiger partial charge in [-0.2, -0.15) is 0 Å². The zero-order valence-corrected chi connectivity index (χ0v) is 40.6. The normalized spacial score (nSPS) is 13.7. The van der Waals surface area contributed by atoms with Crippen LogP contribution in [-0.2, 0) is 0 Å². The molecule has 0 radical (unpaired) electrons. The molecule has 73 heavy (non-hydrogen) atoms. The summed E-state index contributed by atoms with van der Waals surface area (Å²) in [4.78, 5) is 2.46. The van der Waals surface area contributed by atoms with Crippen LogP contribution in [0.3, 0.4) is 0 Å². The lowest BCUT2D eigenvalue weighted by Crippen LogP contribution is -2.17. The maximum atomic E-state index is 2.46. The molecule has 0 saturated carbocycles. The third-order valence-electron chi connectivity index (χ3n) is 15.6. The highest BCUT2D eigenvalue weighted by Crippen LogP contribution is 2.48. The van der Waals surface area contributed by atoms with Gasteiger partial charge in [-0.15, -0.1) is 0 Å². The minimum atomic E-state index is 0.915.